The molecule has 2 aromatic rings. The number of hydrogen-bond donors (Lipinski definition) is 1. The molecule has 116 valence electrons. The summed E-state index contributed by atoms with van der Waals surface area (Å²) in [7, 11) is 7.82. The molecule has 2 heterocycles. The minimum atomic E-state index is 0. The Morgan fingerprint density at radius 3 is 2.62 bits per heavy atom. The topological polar surface area (TPSA) is 50.4 Å². The molecule has 6 nitrogen and oxygen atoms in total. The normalized spacial score (nSPS) is 11.1. The van der Waals surface area contributed by atoms with E-state index < -0.39 is 0 Å². The van der Waals surface area contributed by atoms with Gasteiger partial charge in [-0.05, 0) is 18.2 Å². The lowest BCUT2D eigenvalue weighted by Crippen LogP contribution is -2.38. The molecule has 0 aliphatic rings. The van der Waals surface area contributed by atoms with Crippen LogP contribution in [0.1, 0.15) is 11.4 Å². The second kappa shape index (κ2) is 8.06. The van der Waals surface area contributed by atoms with E-state index in [9.17, 15) is 0 Å². The highest BCUT2D eigenvalue weighted by Crippen LogP contribution is 2.04. The van der Waals surface area contributed by atoms with Crippen LogP contribution in [0.5, 0.6) is 0 Å². The summed E-state index contributed by atoms with van der Waals surface area (Å²) in [5.74, 6) is 0.868. The third kappa shape index (κ3) is 4.48. The van der Waals surface area contributed by atoms with Gasteiger partial charge in [-0.25, -0.2) is 0 Å². The maximum absolute atomic E-state index is 4.32. The van der Waals surface area contributed by atoms with Crippen molar-refractivity contribution in [3.63, 3.8) is 0 Å². The highest BCUT2D eigenvalue weighted by molar-refractivity contribution is 14.0. The van der Waals surface area contributed by atoms with Crippen molar-refractivity contribution >= 4 is 29.9 Å². The van der Waals surface area contributed by atoms with Crippen molar-refractivity contribution in [3.8, 4) is 0 Å². The predicted octanol–water partition coefficient (Wildman–Crippen LogP) is 1.58. The van der Waals surface area contributed by atoms with Gasteiger partial charge in [-0.3, -0.25) is 9.67 Å². The first kappa shape index (κ1) is 17.5. The number of halogens is 1. The lowest BCUT2D eigenvalue weighted by molar-refractivity contribution is 0.460. The van der Waals surface area contributed by atoms with Crippen molar-refractivity contribution in [2.24, 2.45) is 19.1 Å². The predicted molar refractivity (Wildman–Crippen MR) is 95.7 cm³/mol. The van der Waals surface area contributed by atoms with E-state index in [1.54, 1.807) is 13.2 Å². The van der Waals surface area contributed by atoms with Crippen LogP contribution in [0.3, 0.4) is 0 Å². The quantitative estimate of drug-likeness (QED) is 0.480. The Hall–Kier alpha value is -1.51. The Morgan fingerprint density at radius 2 is 2.10 bits per heavy atom. The number of hydrogen-bond acceptors (Lipinski definition) is 2. The van der Waals surface area contributed by atoms with Crippen LogP contribution in [0.2, 0.25) is 0 Å². The van der Waals surface area contributed by atoms with Crippen molar-refractivity contribution < 1.29 is 0 Å². The molecule has 0 fully saturated rings. The van der Waals surface area contributed by atoms with E-state index in [2.05, 4.69) is 50.3 Å². The Kier molecular flexibility index (Phi) is 6.73. The number of aromatic nitrogens is 3. The van der Waals surface area contributed by atoms with Gasteiger partial charge in [0.25, 0.3) is 0 Å². The monoisotopic (exact) mass is 402 g/mol. The van der Waals surface area contributed by atoms with Crippen molar-refractivity contribution in [1.29, 1.82) is 0 Å². The number of nitrogens with zero attached hydrogens (tertiary/aromatic N) is 5. The zero-order chi connectivity index (χ0) is 14.5. The van der Waals surface area contributed by atoms with Crippen LogP contribution >= 0.6 is 24.0 Å². The number of aliphatic imine (C=N–C) groups is 1. The van der Waals surface area contributed by atoms with Gasteiger partial charge in [0.05, 0.1) is 18.8 Å². The summed E-state index contributed by atoms with van der Waals surface area (Å²) in [6.45, 7) is 1.52. The van der Waals surface area contributed by atoms with E-state index in [0.29, 0.717) is 6.54 Å². The van der Waals surface area contributed by atoms with E-state index in [-0.39, 0.29) is 24.0 Å². The molecule has 1 N–H and O–H groups in total. The summed E-state index contributed by atoms with van der Waals surface area (Å²) >= 11 is 0. The van der Waals surface area contributed by atoms with E-state index in [4.69, 9.17) is 0 Å². The summed E-state index contributed by atoms with van der Waals surface area (Å²) < 4.78 is 3.97. The van der Waals surface area contributed by atoms with Gasteiger partial charge in [-0.2, -0.15) is 5.10 Å². The molecule has 0 aliphatic heterocycles. The van der Waals surface area contributed by atoms with Gasteiger partial charge in [0.1, 0.15) is 0 Å². The third-order valence-corrected chi connectivity index (χ3v) is 3.37. The molecule has 21 heavy (non-hydrogen) atoms. The number of rotatable bonds is 4. The first-order chi connectivity index (χ1) is 9.61. The van der Waals surface area contributed by atoms with Gasteiger partial charge >= 0.3 is 0 Å². The van der Waals surface area contributed by atoms with E-state index in [0.717, 1.165) is 18.2 Å². The van der Waals surface area contributed by atoms with Gasteiger partial charge < -0.3 is 14.8 Å². The van der Waals surface area contributed by atoms with Crippen LogP contribution in [0, 0.1) is 0 Å². The van der Waals surface area contributed by atoms with E-state index >= 15 is 0 Å². The largest absolute Gasteiger partial charge is 0.353 e. The third-order valence-electron chi connectivity index (χ3n) is 3.37. The maximum Gasteiger partial charge on any atom is 0.194 e. The lowest BCUT2D eigenvalue weighted by Gasteiger charge is -2.22. The first-order valence-electron chi connectivity index (χ1n) is 6.60. The summed E-state index contributed by atoms with van der Waals surface area (Å²) in [5, 5.41) is 7.51. The highest BCUT2D eigenvalue weighted by Gasteiger charge is 2.09. The van der Waals surface area contributed by atoms with Crippen LogP contribution in [0.4, 0.5) is 0 Å². The standard InChI is InChI=1S/C14H22N6.HI/c1-15-14(16-10-12-7-8-17-20(12)4)19(3)11-13-6-5-9-18(13)2;/h5-9H,10-11H2,1-4H3,(H,15,16);1H. The Labute approximate surface area is 142 Å². The molecule has 0 atom stereocenters. The zero-order valence-electron chi connectivity index (χ0n) is 12.9. The second-order valence-electron chi connectivity index (χ2n) is 4.81. The summed E-state index contributed by atoms with van der Waals surface area (Å²) in [6.07, 6.45) is 3.85. The van der Waals surface area contributed by atoms with Crippen molar-refractivity contribution in [1.82, 2.24) is 24.6 Å². The average molecular weight is 402 g/mol. The molecule has 0 spiro atoms. The molecule has 0 unspecified atom stereocenters. The second-order valence-corrected chi connectivity index (χ2v) is 4.81. The molecule has 0 aromatic carbocycles. The van der Waals surface area contributed by atoms with Crippen molar-refractivity contribution in [3.05, 3.63) is 42.0 Å². The molecule has 0 radical (unpaired) electrons. The fourth-order valence-electron chi connectivity index (χ4n) is 2.11. The van der Waals surface area contributed by atoms with Gasteiger partial charge in [-0.1, -0.05) is 0 Å². The van der Waals surface area contributed by atoms with Crippen LogP contribution in [0.25, 0.3) is 0 Å². The number of nitrogens with one attached hydrogen (secondary N) is 1. The summed E-state index contributed by atoms with van der Waals surface area (Å²) in [4.78, 5) is 6.42. The molecule has 2 aromatic heterocycles. The first-order valence-corrected chi connectivity index (χ1v) is 6.60. The van der Waals surface area contributed by atoms with Gasteiger partial charge in [0, 0.05) is 46.3 Å². The number of aryl methyl sites for hydroxylation is 2. The van der Waals surface area contributed by atoms with Crippen LogP contribution in [-0.4, -0.2) is 39.3 Å². The maximum atomic E-state index is 4.32. The fourth-order valence-corrected chi connectivity index (χ4v) is 2.11. The van der Waals surface area contributed by atoms with Crippen LogP contribution in [0.15, 0.2) is 35.6 Å². The van der Waals surface area contributed by atoms with Gasteiger partial charge in [0.15, 0.2) is 5.96 Å². The molecule has 0 bridgehead atoms. The van der Waals surface area contributed by atoms with Gasteiger partial charge in [0.2, 0.25) is 0 Å². The highest BCUT2D eigenvalue weighted by atomic mass is 127. The van der Waals surface area contributed by atoms with Crippen LogP contribution in [-0.2, 0) is 27.2 Å². The number of guanidine groups is 1. The smallest absolute Gasteiger partial charge is 0.194 e. The molecule has 7 heteroatoms. The summed E-state index contributed by atoms with van der Waals surface area (Å²) in [5.41, 5.74) is 2.37. The Bertz CT molecular complexity index is 586. The minimum Gasteiger partial charge on any atom is -0.353 e. The Balaban J connectivity index is 0.00000220. The molecule has 0 saturated carbocycles. The molecule has 2 rings (SSSR count). The zero-order valence-corrected chi connectivity index (χ0v) is 15.3. The SMILES string of the molecule is CN=C(NCc1ccnn1C)N(C)Cc1cccn1C.I. The molecule has 0 amide bonds. The van der Waals surface area contributed by atoms with E-state index in [1.165, 1.54) is 5.69 Å². The molecular weight excluding hydrogens is 379 g/mol. The molecule has 0 saturated heterocycles. The van der Waals surface area contributed by atoms with E-state index in [1.807, 2.05) is 24.8 Å². The molecular formula is C14H23IN6. The summed E-state index contributed by atoms with van der Waals surface area (Å²) in [6, 6.07) is 6.16. The fraction of sp³-hybridized carbons (Fsp3) is 0.429. The van der Waals surface area contributed by atoms with Crippen molar-refractivity contribution in [2.75, 3.05) is 14.1 Å². The lowest BCUT2D eigenvalue weighted by atomic mass is 10.4. The Morgan fingerprint density at radius 1 is 1.33 bits per heavy atom. The minimum absolute atomic E-state index is 0. The average Bonchev–Trinajstić information content (AvgIpc) is 3.00. The van der Waals surface area contributed by atoms with Gasteiger partial charge in [-0.15, -0.1) is 24.0 Å². The van der Waals surface area contributed by atoms with Crippen LogP contribution < -0.4 is 5.32 Å². The van der Waals surface area contributed by atoms with Crippen molar-refractivity contribution in [2.45, 2.75) is 13.1 Å². The molecule has 0 aliphatic carbocycles.